The first kappa shape index (κ1) is 10.3. The molecule has 0 unspecified atom stereocenters. The largest absolute Gasteiger partial charge is 0.0911 e. The van der Waals surface area contributed by atoms with E-state index in [0.717, 1.165) is 18.1 Å². The molecule has 0 saturated heterocycles. The molecule has 0 radical (unpaired) electrons. The second-order valence-electron chi connectivity index (χ2n) is 4.62. The van der Waals surface area contributed by atoms with E-state index in [0.29, 0.717) is 0 Å². The third kappa shape index (κ3) is 1.52. The van der Waals surface area contributed by atoms with Gasteiger partial charge in [0.05, 0.1) is 0 Å². The van der Waals surface area contributed by atoms with E-state index in [9.17, 15) is 0 Å². The molecule has 0 aliphatic heterocycles. The molecule has 84 valence electrons. The van der Waals surface area contributed by atoms with Crippen LogP contribution >= 0.6 is 0 Å². The number of rotatable bonds is 1. The highest BCUT2D eigenvalue weighted by atomic mass is 14.1. The summed E-state index contributed by atoms with van der Waals surface area (Å²) in [6.45, 7) is 6.24. The van der Waals surface area contributed by atoms with Crippen LogP contribution in [0.4, 0.5) is 0 Å². The molecule has 0 saturated carbocycles. The van der Waals surface area contributed by atoms with Crippen LogP contribution in [0.3, 0.4) is 0 Å². The zero-order valence-electron chi connectivity index (χ0n) is 10.2. The van der Waals surface area contributed by atoms with Gasteiger partial charge >= 0.3 is 0 Å². The molecule has 1 aliphatic carbocycles. The van der Waals surface area contributed by atoms with Gasteiger partial charge in [-0.3, -0.25) is 0 Å². The van der Waals surface area contributed by atoms with Gasteiger partial charge in [0.15, 0.2) is 0 Å². The van der Waals surface area contributed by atoms with E-state index >= 15 is 0 Å². The molecular formula is C17H16. The summed E-state index contributed by atoms with van der Waals surface area (Å²) in [7, 11) is 0. The van der Waals surface area contributed by atoms with Crippen molar-refractivity contribution in [3.8, 4) is 0 Å². The third-order valence-electron chi connectivity index (χ3n) is 3.52. The maximum absolute atomic E-state index is 4.18. The van der Waals surface area contributed by atoms with Crippen LogP contribution in [0.25, 0.3) is 29.5 Å². The van der Waals surface area contributed by atoms with E-state index in [4.69, 9.17) is 0 Å². The van der Waals surface area contributed by atoms with Crippen LogP contribution < -0.4 is 10.4 Å². The molecule has 3 rings (SSSR count). The van der Waals surface area contributed by atoms with Crippen LogP contribution in [-0.4, -0.2) is 0 Å². The van der Waals surface area contributed by atoms with Crippen molar-refractivity contribution in [1.82, 2.24) is 0 Å². The molecular weight excluding hydrogens is 204 g/mol. The summed E-state index contributed by atoms with van der Waals surface area (Å²) < 4.78 is 0. The zero-order valence-corrected chi connectivity index (χ0v) is 10.2. The van der Waals surface area contributed by atoms with Gasteiger partial charge in [-0.2, -0.15) is 0 Å². The average Bonchev–Trinajstić information content (AvgIpc) is 2.35. The number of aryl methyl sites for hydroxylation is 1. The highest BCUT2D eigenvalue weighted by Crippen LogP contribution is 2.21. The molecule has 0 atom stereocenters. The summed E-state index contributed by atoms with van der Waals surface area (Å²) in [5.74, 6) is 0. The van der Waals surface area contributed by atoms with Gasteiger partial charge in [0, 0.05) is 0 Å². The minimum absolute atomic E-state index is 1.13. The normalized spacial score (nSPS) is 14.2. The van der Waals surface area contributed by atoms with Crippen molar-refractivity contribution >= 4 is 29.5 Å². The SMILES string of the molecule is C=c1ccc2c3c(ccc(/C=C\C)c13)=CCC2. The summed E-state index contributed by atoms with van der Waals surface area (Å²) in [6, 6.07) is 8.83. The van der Waals surface area contributed by atoms with Crippen molar-refractivity contribution in [2.75, 3.05) is 0 Å². The zero-order chi connectivity index (χ0) is 11.8. The number of hydrogen-bond acceptors (Lipinski definition) is 0. The lowest BCUT2D eigenvalue weighted by atomic mass is 9.91. The van der Waals surface area contributed by atoms with Crippen molar-refractivity contribution in [3.63, 3.8) is 0 Å². The van der Waals surface area contributed by atoms with Gasteiger partial charge in [0.2, 0.25) is 0 Å². The molecule has 1 aliphatic rings. The average molecular weight is 220 g/mol. The van der Waals surface area contributed by atoms with Crippen LogP contribution in [0.5, 0.6) is 0 Å². The number of allylic oxidation sites excluding steroid dienone is 1. The fraction of sp³-hybridized carbons (Fsp3) is 0.176. The van der Waals surface area contributed by atoms with Crippen molar-refractivity contribution in [1.29, 1.82) is 0 Å². The summed E-state index contributed by atoms with van der Waals surface area (Å²) in [5.41, 5.74) is 2.75. The molecule has 17 heavy (non-hydrogen) atoms. The lowest BCUT2D eigenvalue weighted by Gasteiger charge is -2.13. The number of benzene rings is 2. The van der Waals surface area contributed by atoms with Crippen LogP contribution in [0.15, 0.2) is 30.3 Å². The molecule has 0 nitrogen and oxygen atoms in total. The summed E-state index contributed by atoms with van der Waals surface area (Å²) in [5, 5.41) is 5.25. The minimum Gasteiger partial charge on any atom is -0.0911 e. The lowest BCUT2D eigenvalue weighted by molar-refractivity contribution is 1.03. The fourth-order valence-electron chi connectivity index (χ4n) is 2.77. The maximum Gasteiger partial charge on any atom is -0.00362 e. The molecule has 0 N–H and O–H groups in total. The van der Waals surface area contributed by atoms with E-state index < -0.39 is 0 Å². The van der Waals surface area contributed by atoms with Crippen molar-refractivity contribution < 1.29 is 0 Å². The molecule has 0 heterocycles. The van der Waals surface area contributed by atoms with Crippen LogP contribution in [0, 0.1) is 0 Å². The predicted octanol–water partition coefficient (Wildman–Crippen LogP) is 3.01. The first-order valence-electron chi connectivity index (χ1n) is 6.17. The Bertz CT molecular complexity index is 718. The molecule has 0 fully saturated rings. The predicted molar refractivity (Wildman–Crippen MR) is 76.2 cm³/mol. The molecule has 0 bridgehead atoms. The van der Waals surface area contributed by atoms with Crippen molar-refractivity contribution in [3.05, 3.63) is 51.9 Å². The Hall–Kier alpha value is -1.82. The van der Waals surface area contributed by atoms with E-state index in [2.05, 4.69) is 56.0 Å². The Kier molecular flexibility index (Phi) is 2.36. The second-order valence-corrected chi connectivity index (χ2v) is 4.62. The minimum atomic E-state index is 1.13. The van der Waals surface area contributed by atoms with Crippen molar-refractivity contribution in [2.24, 2.45) is 0 Å². The van der Waals surface area contributed by atoms with Gasteiger partial charge in [-0.1, -0.05) is 49.1 Å². The summed E-state index contributed by atoms with van der Waals surface area (Å²) >= 11 is 0. The van der Waals surface area contributed by atoms with Gasteiger partial charge in [-0.05, 0) is 52.1 Å². The highest BCUT2D eigenvalue weighted by Gasteiger charge is 2.09. The van der Waals surface area contributed by atoms with E-state index in [1.807, 2.05) is 0 Å². The molecule has 0 aromatic heterocycles. The fourth-order valence-corrected chi connectivity index (χ4v) is 2.77. The monoisotopic (exact) mass is 220 g/mol. The van der Waals surface area contributed by atoms with Crippen molar-refractivity contribution in [2.45, 2.75) is 19.8 Å². The quantitative estimate of drug-likeness (QED) is 0.693. The Labute approximate surface area is 102 Å². The first-order chi connectivity index (χ1) is 8.31. The Morgan fingerprint density at radius 2 is 2.00 bits per heavy atom. The third-order valence-corrected chi connectivity index (χ3v) is 3.52. The Balaban J connectivity index is 2.59. The van der Waals surface area contributed by atoms with Crippen LogP contribution in [-0.2, 0) is 6.42 Å². The second kappa shape index (κ2) is 3.89. The number of hydrogen-bond donors (Lipinski definition) is 0. The molecule has 0 spiro atoms. The van der Waals surface area contributed by atoms with Gasteiger partial charge < -0.3 is 0 Å². The maximum atomic E-state index is 4.18. The molecule has 0 heteroatoms. The van der Waals surface area contributed by atoms with E-state index in [-0.39, 0.29) is 0 Å². The van der Waals surface area contributed by atoms with Gasteiger partial charge in [-0.15, -0.1) is 0 Å². The molecule has 2 aromatic rings. The van der Waals surface area contributed by atoms with E-state index in [1.165, 1.54) is 27.1 Å². The first-order valence-corrected chi connectivity index (χ1v) is 6.17. The van der Waals surface area contributed by atoms with Gasteiger partial charge in [0.1, 0.15) is 0 Å². The Morgan fingerprint density at radius 1 is 1.12 bits per heavy atom. The molecule has 2 aromatic carbocycles. The smallest absolute Gasteiger partial charge is 0.00362 e. The van der Waals surface area contributed by atoms with Gasteiger partial charge in [0.25, 0.3) is 0 Å². The van der Waals surface area contributed by atoms with Gasteiger partial charge in [-0.25, -0.2) is 0 Å². The topological polar surface area (TPSA) is 0 Å². The van der Waals surface area contributed by atoms with Crippen LogP contribution in [0.1, 0.15) is 24.5 Å². The standard InChI is InChI=1S/C17H16/c1-3-5-13-10-11-15-7-4-6-14-9-8-12(2)16(13)17(14)15/h3,5,7-11H,2,4,6H2,1H3/b5-3-. The highest BCUT2D eigenvalue weighted by molar-refractivity contribution is 5.94. The summed E-state index contributed by atoms with van der Waals surface area (Å²) in [6.07, 6.45) is 8.92. The Morgan fingerprint density at radius 3 is 2.82 bits per heavy atom. The van der Waals surface area contributed by atoms with Crippen LogP contribution in [0.2, 0.25) is 0 Å². The summed E-state index contributed by atoms with van der Waals surface area (Å²) in [4.78, 5) is 0. The van der Waals surface area contributed by atoms with E-state index in [1.54, 1.807) is 0 Å². The lowest BCUT2D eigenvalue weighted by Crippen LogP contribution is -2.15. The molecule has 0 amide bonds.